The van der Waals surface area contributed by atoms with E-state index in [0.717, 1.165) is 23.6 Å². The first-order chi connectivity index (χ1) is 11.3. The van der Waals surface area contributed by atoms with Crippen molar-refractivity contribution < 1.29 is 14.0 Å². The predicted octanol–water partition coefficient (Wildman–Crippen LogP) is 5.22. The van der Waals surface area contributed by atoms with E-state index in [2.05, 4.69) is 46.1 Å². The van der Waals surface area contributed by atoms with Gasteiger partial charge in [-0.2, -0.15) is 0 Å². The van der Waals surface area contributed by atoms with Gasteiger partial charge in [0.1, 0.15) is 5.75 Å². The van der Waals surface area contributed by atoms with Gasteiger partial charge in [-0.25, -0.2) is 0 Å². The summed E-state index contributed by atoms with van der Waals surface area (Å²) in [6.07, 6.45) is 4.91. The summed E-state index contributed by atoms with van der Waals surface area (Å²) in [5.41, 5.74) is -0.596. The van der Waals surface area contributed by atoms with Crippen molar-refractivity contribution >= 4 is 44.0 Å². The van der Waals surface area contributed by atoms with Gasteiger partial charge in [0.25, 0.3) is 0 Å². The summed E-state index contributed by atoms with van der Waals surface area (Å²) < 4.78 is 21.9. The van der Waals surface area contributed by atoms with Gasteiger partial charge in [-0.05, 0) is 40.2 Å². The van der Waals surface area contributed by atoms with Crippen molar-refractivity contribution in [3.63, 3.8) is 0 Å². The van der Waals surface area contributed by atoms with Crippen LogP contribution in [0.5, 0.6) is 5.75 Å². The second kappa shape index (κ2) is 6.98. The van der Waals surface area contributed by atoms with Gasteiger partial charge in [0.05, 0.1) is 22.5 Å². The third-order valence-corrected chi connectivity index (χ3v) is 7.18. The van der Waals surface area contributed by atoms with Gasteiger partial charge in [0.15, 0.2) is 0 Å². The molecule has 0 N–H and O–H groups in total. The van der Waals surface area contributed by atoms with Crippen molar-refractivity contribution in [1.29, 1.82) is 0 Å². The minimum atomic E-state index is -0.298. The summed E-state index contributed by atoms with van der Waals surface area (Å²) in [6, 6.07) is 2.19. The van der Waals surface area contributed by atoms with Crippen LogP contribution >= 0.6 is 22.7 Å². The molecule has 3 nitrogen and oxygen atoms in total. The molecular weight excluding hydrogens is 339 g/mol. The summed E-state index contributed by atoms with van der Waals surface area (Å²) >= 11 is 3.47. The van der Waals surface area contributed by atoms with Crippen LogP contribution in [0.25, 0.3) is 9.40 Å². The molecule has 0 radical (unpaired) electrons. The highest BCUT2D eigenvalue weighted by Gasteiger charge is 2.52. The molecule has 0 unspecified atom stereocenters. The fourth-order valence-electron chi connectivity index (χ4n) is 2.71. The monoisotopic (exact) mass is 366 g/mol. The zero-order chi connectivity index (χ0) is 17.4. The van der Waals surface area contributed by atoms with Crippen LogP contribution in [0.1, 0.15) is 60.3 Å². The molecule has 1 aliphatic heterocycles. The minimum absolute atomic E-state index is 0.281. The smallest absolute Gasteiger partial charge is 0.491 e. The number of hydrogen-bond acceptors (Lipinski definition) is 5. The van der Waals surface area contributed by atoms with Crippen LogP contribution in [0.3, 0.4) is 0 Å². The van der Waals surface area contributed by atoms with Crippen molar-refractivity contribution in [2.75, 3.05) is 6.61 Å². The molecule has 132 valence electrons. The molecule has 0 saturated carbocycles. The Kier molecular flexibility index (Phi) is 5.31. The third-order valence-electron chi connectivity index (χ3n) is 4.97. The molecule has 0 aromatic carbocycles. The van der Waals surface area contributed by atoms with Crippen molar-refractivity contribution in [2.45, 2.75) is 71.5 Å². The molecular formula is C18H27BO3S2. The van der Waals surface area contributed by atoms with Gasteiger partial charge in [-0.15, -0.1) is 22.7 Å². The van der Waals surface area contributed by atoms with E-state index < -0.39 is 0 Å². The topological polar surface area (TPSA) is 27.7 Å². The molecule has 0 aliphatic carbocycles. The SMILES string of the molecule is CCCCCCOc1csc2cc(B3OC(C)(C)C(C)(C)O3)sc12. The lowest BCUT2D eigenvalue weighted by Gasteiger charge is -2.32. The molecule has 0 atom stereocenters. The van der Waals surface area contributed by atoms with Crippen LogP contribution in [0, 0.1) is 0 Å². The first-order valence-corrected chi connectivity index (χ1v) is 10.5. The maximum absolute atomic E-state index is 6.17. The van der Waals surface area contributed by atoms with E-state index in [0.29, 0.717) is 0 Å². The normalized spacial score (nSPS) is 19.3. The summed E-state index contributed by atoms with van der Waals surface area (Å²) in [6.45, 7) is 11.4. The molecule has 0 amide bonds. The van der Waals surface area contributed by atoms with Crippen LogP contribution in [0.2, 0.25) is 0 Å². The maximum Gasteiger partial charge on any atom is 0.505 e. The third kappa shape index (κ3) is 3.52. The van der Waals surface area contributed by atoms with E-state index in [4.69, 9.17) is 14.0 Å². The molecule has 2 aromatic rings. The van der Waals surface area contributed by atoms with Gasteiger partial charge in [-0.1, -0.05) is 26.2 Å². The summed E-state index contributed by atoms with van der Waals surface area (Å²) in [5, 5.41) is 2.12. The largest absolute Gasteiger partial charge is 0.505 e. The Morgan fingerprint density at radius 2 is 1.79 bits per heavy atom. The lowest BCUT2D eigenvalue weighted by molar-refractivity contribution is 0.00578. The van der Waals surface area contributed by atoms with Gasteiger partial charge >= 0.3 is 7.12 Å². The first kappa shape index (κ1) is 18.2. The number of thiophene rings is 2. The predicted molar refractivity (Wildman–Crippen MR) is 105 cm³/mol. The van der Waals surface area contributed by atoms with E-state index >= 15 is 0 Å². The van der Waals surface area contributed by atoms with Crippen molar-refractivity contribution in [2.24, 2.45) is 0 Å². The molecule has 1 saturated heterocycles. The zero-order valence-electron chi connectivity index (χ0n) is 15.3. The Morgan fingerprint density at radius 3 is 2.46 bits per heavy atom. The number of unbranched alkanes of at least 4 members (excludes halogenated alkanes) is 3. The second-order valence-corrected chi connectivity index (χ2v) is 9.43. The average molecular weight is 366 g/mol. The first-order valence-electron chi connectivity index (χ1n) is 8.83. The van der Waals surface area contributed by atoms with Gasteiger partial charge in [0.2, 0.25) is 0 Å². The number of hydrogen-bond donors (Lipinski definition) is 0. The second-order valence-electron chi connectivity index (χ2n) is 7.44. The molecule has 3 heterocycles. The Balaban J connectivity index is 1.69. The Hall–Kier alpha value is -0.555. The van der Waals surface area contributed by atoms with Gasteiger partial charge < -0.3 is 14.0 Å². The lowest BCUT2D eigenvalue weighted by atomic mass is 9.88. The fourth-order valence-corrected chi connectivity index (χ4v) is 4.93. The molecule has 6 heteroatoms. The lowest BCUT2D eigenvalue weighted by Crippen LogP contribution is -2.41. The Morgan fingerprint density at radius 1 is 1.08 bits per heavy atom. The molecule has 1 fully saturated rings. The number of fused-ring (bicyclic) bond motifs is 1. The minimum Gasteiger partial charge on any atom is -0.491 e. The molecule has 24 heavy (non-hydrogen) atoms. The fraction of sp³-hybridized carbons (Fsp3) is 0.667. The van der Waals surface area contributed by atoms with E-state index in [1.54, 1.807) is 22.7 Å². The maximum atomic E-state index is 6.17. The highest BCUT2D eigenvalue weighted by Crippen LogP contribution is 2.40. The van der Waals surface area contributed by atoms with E-state index in [-0.39, 0.29) is 18.3 Å². The van der Waals surface area contributed by atoms with Gasteiger partial charge in [-0.3, -0.25) is 0 Å². The highest BCUT2D eigenvalue weighted by molar-refractivity contribution is 7.33. The van der Waals surface area contributed by atoms with Crippen LogP contribution in [-0.4, -0.2) is 24.9 Å². The van der Waals surface area contributed by atoms with Crippen LogP contribution in [0.15, 0.2) is 11.4 Å². The zero-order valence-corrected chi connectivity index (χ0v) is 16.9. The van der Waals surface area contributed by atoms with Crippen LogP contribution < -0.4 is 9.51 Å². The van der Waals surface area contributed by atoms with Crippen molar-refractivity contribution in [1.82, 2.24) is 0 Å². The molecule has 0 spiro atoms. The Labute approximate surface area is 153 Å². The molecule has 1 aliphatic rings. The van der Waals surface area contributed by atoms with E-state index in [9.17, 15) is 0 Å². The van der Waals surface area contributed by atoms with Crippen LogP contribution in [-0.2, 0) is 9.31 Å². The number of ether oxygens (including phenoxy) is 1. The van der Waals surface area contributed by atoms with E-state index in [1.807, 2.05) is 0 Å². The van der Waals surface area contributed by atoms with Crippen molar-refractivity contribution in [3.8, 4) is 5.75 Å². The quantitative estimate of drug-likeness (QED) is 0.497. The highest BCUT2D eigenvalue weighted by atomic mass is 32.1. The average Bonchev–Trinajstić information content (AvgIpc) is 3.12. The molecule has 0 bridgehead atoms. The number of rotatable bonds is 7. The van der Waals surface area contributed by atoms with Crippen LogP contribution in [0.4, 0.5) is 0 Å². The molecule has 3 rings (SSSR count). The van der Waals surface area contributed by atoms with Gasteiger partial charge in [0, 0.05) is 14.9 Å². The van der Waals surface area contributed by atoms with E-state index in [1.165, 1.54) is 28.7 Å². The standard InChI is InChI=1S/C18H27BO3S2/c1-6-7-8-9-10-20-13-12-23-14-11-15(24-16(13)14)19-21-17(2,3)18(4,5)22-19/h11-12H,6-10H2,1-5H3. The molecule has 2 aromatic heterocycles. The van der Waals surface area contributed by atoms with Crippen molar-refractivity contribution in [3.05, 3.63) is 11.4 Å². The summed E-state index contributed by atoms with van der Waals surface area (Å²) in [4.78, 5) is 0. The Bertz CT molecular complexity index is 674. The summed E-state index contributed by atoms with van der Waals surface area (Å²) in [7, 11) is -0.281. The summed E-state index contributed by atoms with van der Waals surface area (Å²) in [5.74, 6) is 1.01.